The SMILES string of the molecule is C=C(C)CN1C(=O)COc2ccc(NC(=O)/C=C/c3ccc(C)cc3)cc21. The Morgan fingerprint density at radius 2 is 2.00 bits per heavy atom. The molecule has 1 N–H and O–H groups in total. The Morgan fingerprint density at radius 1 is 1.26 bits per heavy atom. The average Bonchev–Trinajstić information content (AvgIpc) is 2.63. The summed E-state index contributed by atoms with van der Waals surface area (Å²) in [6.07, 6.45) is 3.24. The van der Waals surface area contributed by atoms with Crippen LogP contribution in [0.2, 0.25) is 0 Å². The van der Waals surface area contributed by atoms with Gasteiger partial charge in [-0.25, -0.2) is 0 Å². The third-order valence-electron chi connectivity index (χ3n) is 4.10. The molecule has 0 atom stereocenters. The molecule has 1 aliphatic heterocycles. The van der Waals surface area contributed by atoms with Crippen LogP contribution in [0, 0.1) is 6.92 Å². The lowest BCUT2D eigenvalue weighted by Crippen LogP contribution is -2.39. The number of amides is 2. The van der Waals surface area contributed by atoms with E-state index in [0.717, 1.165) is 11.1 Å². The maximum atomic E-state index is 12.2. The first-order valence-electron chi connectivity index (χ1n) is 8.70. The monoisotopic (exact) mass is 362 g/mol. The van der Waals surface area contributed by atoms with Crippen molar-refractivity contribution in [3.63, 3.8) is 0 Å². The first kappa shape index (κ1) is 18.5. The Bertz CT molecular complexity index is 914. The van der Waals surface area contributed by atoms with Crippen LogP contribution in [0.5, 0.6) is 5.75 Å². The Labute approximate surface area is 158 Å². The molecule has 0 bridgehead atoms. The molecule has 2 aromatic rings. The quantitative estimate of drug-likeness (QED) is 0.647. The van der Waals surface area contributed by atoms with E-state index >= 15 is 0 Å². The van der Waals surface area contributed by atoms with Gasteiger partial charge in [-0.3, -0.25) is 9.59 Å². The van der Waals surface area contributed by atoms with Gasteiger partial charge in [0.2, 0.25) is 5.91 Å². The van der Waals surface area contributed by atoms with Gasteiger partial charge in [-0.05, 0) is 43.7 Å². The molecular formula is C22H22N2O3. The molecule has 3 rings (SSSR count). The zero-order valence-electron chi connectivity index (χ0n) is 15.5. The van der Waals surface area contributed by atoms with Gasteiger partial charge in [0.05, 0.1) is 5.69 Å². The Balaban J connectivity index is 1.75. The first-order valence-corrected chi connectivity index (χ1v) is 8.70. The van der Waals surface area contributed by atoms with Crippen molar-refractivity contribution in [2.75, 3.05) is 23.4 Å². The summed E-state index contributed by atoms with van der Waals surface area (Å²) < 4.78 is 5.47. The molecule has 138 valence electrons. The van der Waals surface area contributed by atoms with Crippen LogP contribution in [0.3, 0.4) is 0 Å². The topological polar surface area (TPSA) is 58.6 Å². The maximum absolute atomic E-state index is 12.2. The van der Waals surface area contributed by atoms with Crippen LogP contribution in [0.1, 0.15) is 18.1 Å². The molecule has 5 nitrogen and oxygen atoms in total. The van der Waals surface area contributed by atoms with Crippen LogP contribution < -0.4 is 15.0 Å². The number of fused-ring (bicyclic) bond motifs is 1. The van der Waals surface area contributed by atoms with Crippen LogP contribution in [0.4, 0.5) is 11.4 Å². The third kappa shape index (κ3) is 4.64. The van der Waals surface area contributed by atoms with E-state index in [2.05, 4.69) is 11.9 Å². The van der Waals surface area contributed by atoms with Crippen LogP contribution in [0.25, 0.3) is 6.08 Å². The number of carbonyl (C=O) groups is 2. The Kier molecular flexibility index (Phi) is 5.41. The molecule has 0 aliphatic carbocycles. The number of ether oxygens (including phenoxy) is 1. The van der Waals surface area contributed by atoms with Crippen molar-refractivity contribution in [2.24, 2.45) is 0 Å². The molecule has 0 saturated heterocycles. The zero-order valence-corrected chi connectivity index (χ0v) is 15.5. The number of carbonyl (C=O) groups excluding carboxylic acids is 2. The molecule has 0 fully saturated rings. The van der Waals surface area contributed by atoms with Crippen LogP contribution in [-0.2, 0) is 9.59 Å². The molecule has 0 unspecified atom stereocenters. The molecule has 0 aromatic heterocycles. The molecule has 2 amide bonds. The van der Waals surface area contributed by atoms with Crippen LogP contribution in [-0.4, -0.2) is 25.0 Å². The van der Waals surface area contributed by atoms with Crippen molar-refractivity contribution in [3.05, 3.63) is 71.8 Å². The summed E-state index contributed by atoms with van der Waals surface area (Å²) in [5.41, 5.74) is 4.22. The second-order valence-corrected chi connectivity index (χ2v) is 6.64. The van der Waals surface area contributed by atoms with E-state index in [0.29, 0.717) is 23.7 Å². The lowest BCUT2D eigenvalue weighted by molar-refractivity contribution is -0.121. The number of aryl methyl sites for hydroxylation is 1. The molecule has 1 heterocycles. The number of nitrogens with zero attached hydrogens (tertiary/aromatic N) is 1. The Hall–Kier alpha value is -3.34. The highest BCUT2D eigenvalue weighted by Gasteiger charge is 2.25. The molecule has 5 heteroatoms. The Morgan fingerprint density at radius 3 is 2.70 bits per heavy atom. The molecule has 2 aromatic carbocycles. The van der Waals surface area contributed by atoms with E-state index in [9.17, 15) is 9.59 Å². The van der Waals surface area contributed by atoms with Crippen molar-refractivity contribution < 1.29 is 14.3 Å². The van der Waals surface area contributed by atoms with E-state index in [1.54, 1.807) is 29.2 Å². The van der Waals surface area contributed by atoms with Gasteiger partial charge in [0.25, 0.3) is 5.91 Å². The van der Waals surface area contributed by atoms with E-state index in [1.807, 2.05) is 38.1 Å². The smallest absolute Gasteiger partial charge is 0.265 e. The lowest BCUT2D eigenvalue weighted by Gasteiger charge is -2.30. The summed E-state index contributed by atoms with van der Waals surface area (Å²) in [5.74, 6) is 0.238. The summed E-state index contributed by atoms with van der Waals surface area (Å²) >= 11 is 0. The molecule has 0 spiro atoms. The predicted molar refractivity (Wildman–Crippen MR) is 108 cm³/mol. The molecule has 0 saturated carbocycles. The standard InChI is InChI=1S/C22H22N2O3/c1-15(2)13-24-19-12-18(9-10-20(19)27-14-22(24)26)23-21(25)11-8-17-6-4-16(3)5-7-17/h4-12H,1,13-14H2,2-3H3,(H,23,25)/b11-8+. The van der Waals surface area contributed by atoms with Crippen molar-refractivity contribution in [1.82, 2.24) is 0 Å². The van der Waals surface area contributed by atoms with Gasteiger partial charge in [-0.2, -0.15) is 0 Å². The minimum Gasteiger partial charge on any atom is -0.482 e. The number of rotatable bonds is 5. The molecule has 1 aliphatic rings. The summed E-state index contributed by atoms with van der Waals surface area (Å²) in [6, 6.07) is 13.2. The van der Waals surface area contributed by atoms with E-state index in [1.165, 1.54) is 11.6 Å². The minimum atomic E-state index is -0.245. The summed E-state index contributed by atoms with van der Waals surface area (Å²) in [6.45, 7) is 8.17. The second-order valence-electron chi connectivity index (χ2n) is 6.64. The fourth-order valence-corrected chi connectivity index (χ4v) is 2.76. The van der Waals surface area contributed by atoms with E-state index in [-0.39, 0.29) is 18.4 Å². The number of anilines is 2. The minimum absolute atomic E-state index is 0.00523. The number of benzene rings is 2. The second kappa shape index (κ2) is 7.91. The van der Waals surface area contributed by atoms with Crippen molar-refractivity contribution in [3.8, 4) is 5.75 Å². The lowest BCUT2D eigenvalue weighted by atomic mass is 10.1. The predicted octanol–water partition coefficient (Wildman–Crippen LogP) is 3.95. The third-order valence-corrected chi connectivity index (χ3v) is 4.10. The van der Waals surface area contributed by atoms with Gasteiger partial charge in [-0.15, -0.1) is 0 Å². The molecule has 0 radical (unpaired) electrons. The highest BCUT2D eigenvalue weighted by Crippen LogP contribution is 2.34. The highest BCUT2D eigenvalue weighted by atomic mass is 16.5. The first-order chi connectivity index (χ1) is 12.9. The summed E-state index contributed by atoms with van der Waals surface area (Å²) in [4.78, 5) is 26.0. The highest BCUT2D eigenvalue weighted by molar-refractivity contribution is 6.03. The zero-order chi connectivity index (χ0) is 19.4. The summed E-state index contributed by atoms with van der Waals surface area (Å²) in [5, 5.41) is 2.82. The maximum Gasteiger partial charge on any atom is 0.265 e. The molecular weight excluding hydrogens is 340 g/mol. The number of nitrogens with one attached hydrogen (secondary N) is 1. The largest absolute Gasteiger partial charge is 0.482 e. The van der Waals surface area contributed by atoms with Gasteiger partial charge in [0.1, 0.15) is 5.75 Å². The normalized spacial score (nSPS) is 13.3. The summed E-state index contributed by atoms with van der Waals surface area (Å²) in [7, 11) is 0. The van der Waals surface area contributed by atoms with Gasteiger partial charge >= 0.3 is 0 Å². The van der Waals surface area contributed by atoms with Crippen molar-refractivity contribution >= 4 is 29.3 Å². The van der Waals surface area contributed by atoms with E-state index in [4.69, 9.17) is 4.74 Å². The average molecular weight is 362 g/mol. The van der Waals surface area contributed by atoms with Gasteiger partial charge in [0.15, 0.2) is 6.61 Å². The van der Waals surface area contributed by atoms with Gasteiger partial charge in [0, 0.05) is 18.3 Å². The van der Waals surface area contributed by atoms with E-state index < -0.39 is 0 Å². The van der Waals surface area contributed by atoms with Gasteiger partial charge < -0.3 is 15.0 Å². The number of hydrogen-bond acceptors (Lipinski definition) is 3. The fourth-order valence-electron chi connectivity index (χ4n) is 2.76. The van der Waals surface area contributed by atoms with Gasteiger partial charge in [-0.1, -0.05) is 42.0 Å². The number of hydrogen-bond donors (Lipinski definition) is 1. The van der Waals surface area contributed by atoms with Crippen molar-refractivity contribution in [2.45, 2.75) is 13.8 Å². The van der Waals surface area contributed by atoms with Crippen LogP contribution >= 0.6 is 0 Å². The van der Waals surface area contributed by atoms with Crippen LogP contribution in [0.15, 0.2) is 60.7 Å². The fraction of sp³-hybridized carbons (Fsp3) is 0.182. The van der Waals surface area contributed by atoms with Crippen molar-refractivity contribution in [1.29, 1.82) is 0 Å². The molecule has 27 heavy (non-hydrogen) atoms.